The molecule has 1 heterocycles. The zero-order valence-corrected chi connectivity index (χ0v) is 14.0. The second kappa shape index (κ2) is 9.73. The van der Waals surface area contributed by atoms with Crippen molar-refractivity contribution in [3.05, 3.63) is 71.7 Å². The lowest BCUT2D eigenvalue weighted by Crippen LogP contribution is -2.27. The maximum absolute atomic E-state index is 12.0. The Bertz CT molecular complexity index is 749. The third-order valence-electron chi connectivity index (χ3n) is 3.53. The first-order valence-electron chi connectivity index (χ1n) is 7.86. The molecule has 2 N–H and O–H groups in total. The first kappa shape index (κ1) is 18.0. The van der Waals surface area contributed by atoms with Crippen LogP contribution in [0.5, 0.6) is 5.75 Å². The number of nitrogens with zero attached hydrogens (tertiary/aromatic N) is 2. The molecule has 0 radical (unpaired) electrons. The quantitative estimate of drug-likeness (QED) is 0.568. The maximum Gasteiger partial charge on any atom is 0.263 e. The average molecular weight is 336 g/mol. The number of ether oxygens (including phenoxy) is 1. The summed E-state index contributed by atoms with van der Waals surface area (Å²) in [7, 11) is 1.62. The Labute approximate surface area is 147 Å². The van der Waals surface area contributed by atoms with Crippen LogP contribution in [0.25, 0.3) is 0 Å². The summed E-state index contributed by atoms with van der Waals surface area (Å²) in [6.45, 7) is 0.974. The van der Waals surface area contributed by atoms with Gasteiger partial charge >= 0.3 is 0 Å². The zero-order valence-electron chi connectivity index (χ0n) is 14.0. The molecule has 128 valence electrons. The standard InChI is InChI=1S/C19H20N4O2/c1-25-18-4-2-15(3-5-18)8-11-23-19(24)17(12-20)14-22-13-16-6-9-21-10-7-16/h2-7,9-10,14,22H,8,11,13H2,1H3,(H,23,24)/b17-14-. The van der Waals surface area contributed by atoms with Crippen LogP contribution >= 0.6 is 0 Å². The summed E-state index contributed by atoms with van der Waals surface area (Å²) < 4.78 is 5.10. The number of hydrogen-bond donors (Lipinski definition) is 2. The van der Waals surface area contributed by atoms with Gasteiger partial charge in [0.05, 0.1) is 7.11 Å². The minimum atomic E-state index is -0.391. The van der Waals surface area contributed by atoms with Gasteiger partial charge in [-0.05, 0) is 41.8 Å². The molecule has 2 aromatic rings. The van der Waals surface area contributed by atoms with E-state index >= 15 is 0 Å². The number of aromatic nitrogens is 1. The molecule has 0 atom stereocenters. The summed E-state index contributed by atoms with van der Waals surface area (Å²) in [5, 5.41) is 14.8. The molecule has 0 spiro atoms. The minimum Gasteiger partial charge on any atom is -0.497 e. The summed E-state index contributed by atoms with van der Waals surface area (Å²) >= 11 is 0. The number of carbonyl (C=O) groups is 1. The smallest absolute Gasteiger partial charge is 0.263 e. The molecule has 0 aliphatic heterocycles. The van der Waals surface area contributed by atoms with Crippen LogP contribution in [-0.2, 0) is 17.8 Å². The van der Waals surface area contributed by atoms with Crippen LogP contribution in [0, 0.1) is 11.3 Å². The highest BCUT2D eigenvalue weighted by Gasteiger charge is 2.07. The third kappa shape index (κ3) is 5.99. The van der Waals surface area contributed by atoms with Crippen molar-refractivity contribution in [2.45, 2.75) is 13.0 Å². The zero-order chi connectivity index (χ0) is 17.9. The molecule has 1 aromatic carbocycles. The molecule has 0 fully saturated rings. The molecular weight excluding hydrogens is 316 g/mol. The second-order valence-electron chi connectivity index (χ2n) is 5.26. The van der Waals surface area contributed by atoms with Gasteiger partial charge in [-0.1, -0.05) is 12.1 Å². The molecule has 0 aliphatic rings. The van der Waals surface area contributed by atoms with Gasteiger partial charge in [-0.15, -0.1) is 0 Å². The fraction of sp³-hybridized carbons (Fsp3) is 0.211. The predicted molar refractivity (Wildman–Crippen MR) is 94.5 cm³/mol. The molecule has 0 bridgehead atoms. The Morgan fingerprint density at radius 1 is 1.20 bits per heavy atom. The largest absolute Gasteiger partial charge is 0.497 e. The van der Waals surface area contributed by atoms with Gasteiger partial charge < -0.3 is 15.4 Å². The van der Waals surface area contributed by atoms with E-state index in [-0.39, 0.29) is 5.57 Å². The lowest BCUT2D eigenvalue weighted by Gasteiger charge is -2.06. The Morgan fingerprint density at radius 2 is 1.92 bits per heavy atom. The van der Waals surface area contributed by atoms with Crippen LogP contribution < -0.4 is 15.4 Å². The van der Waals surface area contributed by atoms with E-state index in [1.807, 2.05) is 42.5 Å². The van der Waals surface area contributed by atoms with Gasteiger partial charge in [0.25, 0.3) is 5.91 Å². The number of carbonyl (C=O) groups excluding carboxylic acids is 1. The van der Waals surface area contributed by atoms with E-state index in [2.05, 4.69) is 15.6 Å². The number of amides is 1. The van der Waals surface area contributed by atoms with Crippen LogP contribution in [0.3, 0.4) is 0 Å². The molecule has 0 unspecified atom stereocenters. The van der Waals surface area contributed by atoms with Gasteiger partial charge in [-0.2, -0.15) is 5.26 Å². The average Bonchev–Trinajstić information content (AvgIpc) is 2.66. The molecule has 1 amide bonds. The van der Waals surface area contributed by atoms with Gasteiger partial charge in [-0.3, -0.25) is 9.78 Å². The van der Waals surface area contributed by atoms with Crippen LogP contribution in [0.1, 0.15) is 11.1 Å². The molecule has 0 saturated carbocycles. The number of benzene rings is 1. The third-order valence-corrected chi connectivity index (χ3v) is 3.53. The van der Waals surface area contributed by atoms with E-state index in [1.54, 1.807) is 19.5 Å². The van der Waals surface area contributed by atoms with Crippen molar-refractivity contribution < 1.29 is 9.53 Å². The van der Waals surface area contributed by atoms with E-state index in [1.165, 1.54) is 6.20 Å². The number of pyridine rings is 1. The molecular formula is C19H20N4O2. The highest BCUT2D eigenvalue weighted by atomic mass is 16.5. The summed E-state index contributed by atoms with van der Waals surface area (Å²) in [5.41, 5.74) is 2.15. The van der Waals surface area contributed by atoms with Gasteiger partial charge in [0.15, 0.2) is 0 Å². The summed E-state index contributed by atoms with van der Waals surface area (Å²) in [6, 6.07) is 13.3. The van der Waals surface area contributed by atoms with Crippen molar-refractivity contribution in [1.29, 1.82) is 5.26 Å². The van der Waals surface area contributed by atoms with Crippen molar-refractivity contribution >= 4 is 5.91 Å². The Kier molecular flexibility index (Phi) is 7.01. The Balaban J connectivity index is 1.78. The van der Waals surface area contributed by atoms with E-state index in [0.29, 0.717) is 19.5 Å². The maximum atomic E-state index is 12.0. The van der Waals surface area contributed by atoms with Crippen LogP contribution in [0.15, 0.2) is 60.6 Å². The highest BCUT2D eigenvalue weighted by molar-refractivity contribution is 5.97. The topological polar surface area (TPSA) is 87.0 Å². The van der Waals surface area contributed by atoms with Gasteiger partial charge in [0.1, 0.15) is 17.4 Å². The number of rotatable bonds is 8. The lowest BCUT2D eigenvalue weighted by atomic mass is 10.1. The summed E-state index contributed by atoms with van der Waals surface area (Å²) in [4.78, 5) is 16.0. The Hall–Kier alpha value is -3.33. The van der Waals surface area contributed by atoms with Crippen molar-refractivity contribution in [2.24, 2.45) is 0 Å². The van der Waals surface area contributed by atoms with Gasteiger partial charge in [-0.25, -0.2) is 0 Å². The monoisotopic (exact) mass is 336 g/mol. The number of nitriles is 1. The number of hydrogen-bond acceptors (Lipinski definition) is 5. The molecule has 25 heavy (non-hydrogen) atoms. The number of methoxy groups -OCH3 is 1. The summed E-state index contributed by atoms with van der Waals surface area (Å²) in [5.74, 6) is 0.404. The van der Waals surface area contributed by atoms with Crippen LogP contribution in [0.2, 0.25) is 0 Å². The lowest BCUT2D eigenvalue weighted by molar-refractivity contribution is -0.117. The SMILES string of the molecule is COc1ccc(CCNC(=O)/C(C#N)=C\NCc2ccncc2)cc1. The predicted octanol–water partition coefficient (Wildman–Crippen LogP) is 1.95. The van der Waals surface area contributed by atoms with Crippen molar-refractivity contribution in [3.8, 4) is 11.8 Å². The van der Waals surface area contributed by atoms with E-state index in [9.17, 15) is 4.79 Å². The molecule has 6 nitrogen and oxygen atoms in total. The fourth-order valence-corrected chi connectivity index (χ4v) is 2.13. The molecule has 6 heteroatoms. The highest BCUT2D eigenvalue weighted by Crippen LogP contribution is 2.11. The fourth-order valence-electron chi connectivity index (χ4n) is 2.13. The van der Waals surface area contributed by atoms with Gasteiger partial charge in [0, 0.05) is 31.7 Å². The molecule has 0 aliphatic carbocycles. The van der Waals surface area contributed by atoms with E-state index in [4.69, 9.17) is 10.00 Å². The van der Waals surface area contributed by atoms with Crippen molar-refractivity contribution in [2.75, 3.05) is 13.7 Å². The minimum absolute atomic E-state index is 0.0452. The molecule has 2 rings (SSSR count). The van der Waals surface area contributed by atoms with E-state index in [0.717, 1.165) is 16.9 Å². The first-order chi connectivity index (χ1) is 12.2. The van der Waals surface area contributed by atoms with E-state index < -0.39 is 5.91 Å². The first-order valence-corrected chi connectivity index (χ1v) is 7.86. The normalized spacial score (nSPS) is 10.6. The van der Waals surface area contributed by atoms with Gasteiger partial charge in [0.2, 0.25) is 0 Å². The Morgan fingerprint density at radius 3 is 2.56 bits per heavy atom. The number of nitrogens with one attached hydrogen (secondary N) is 2. The molecule has 0 saturated heterocycles. The van der Waals surface area contributed by atoms with Crippen molar-refractivity contribution in [1.82, 2.24) is 15.6 Å². The molecule has 1 aromatic heterocycles. The summed E-state index contributed by atoms with van der Waals surface area (Å²) in [6.07, 6.45) is 5.50. The van der Waals surface area contributed by atoms with Crippen molar-refractivity contribution in [3.63, 3.8) is 0 Å². The second-order valence-corrected chi connectivity index (χ2v) is 5.26. The van der Waals surface area contributed by atoms with Crippen LogP contribution in [0.4, 0.5) is 0 Å². The van der Waals surface area contributed by atoms with Crippen LogP contribution in [-0.4, -0.2) is 24.5 Å².